The molecule has 0 spiro atoms. The number of thioether (sulfide) groups is 2. The Morgan fingerprint density at radius 3 is 2.33 bits per heavy atom. The van der Waals surface area contributed by atoms with Crippen LogP contribution in [0, 0.1) is 17.8 Å². The van der Waals surface area contributed by atoms with Gasteiger partial charge in [-0.25, -0.2) is 0 Å². The molecule has 2 fully saturated rings. The lowest BCUT2D eigenvalue weighted by atomic mass is 9.72. The molecule has 0 bridgehead atoms. The molecule has 3 heteroatoms. The molecule has 0 aromatic carbocycles. The summed E-state index contributed by atoms with van der Waals surface area (Å²) in [6.45, 7) is 7.32. The van der Waals surface area contributed by atoms with Crippen molar-refractivity contribution in [2.24, 2.45) is 17.8 Å². The van der Waals surface area contributed by atoms with Crippen molar-refractivity contribution >= 4 is 23.5 Å². The molecule has 2 rings (SSSR count). The largest absolute Gasteiger partial charge is 0.316 e. The fourth-order valence-corrected chi connectivity index (χ4v) is 6.71. The second-order valence-corrected chi connectivity index (χ2v) is 9.02. The van der Waals surface area contributed by atoms with E-state index in [1.54, 1.807) is 0 Å². The quantitative estimate of drug-likeness (QED) is 0.846. The van der Waals surface area contributed by atoms with Crippen LogP contribution in [-0.4, -0.2) is 35.1 Å². The molecule has 0 radical (unpaired) electrons. The Hall–Kier alpha value is 0.660. The van der Waals surface area contributed by atoms with Gasteiger partial charge in [-0.15, -0.1) is 0 Å². The van der Waals surface area contributed by atoms with Crippen molar-refractivity contribution in [2.45, 2.75) is 56.6 Å². The maximum Gasteiger partial charge on any atom is 0.0320 e. The summed E-state index contributed by atoms with van der Waals surface area (Å²) >= 11 is 4.39. The molecule has 1 aliphatic heterocycles. The van der Waals surface area contributed by atoms with Gasteiger partial charge in [-0.2, -0.15) is 23.5 Å². The van der Waals surface area contributed by atoms with E-state index < -0.39 is 0 Å². The van der Waals surface area contributed by atoms with E-state index in [0.717, 1.165) is 34.3 Å². The van der Waals surface area contributed by atoms with Gasteiger partial charge in [0.15, 0.2) is 0 Å². The molecule has 1 aliphatic carbocycles. The van der Waals surface area contributed by atoms with Crippen LogP contribution in [0.15, 0.2) is 0 Å². The molecule has 1 heterocycles. The van der Waals surface area contributed by atoms with Crippen molar-refractivity contribution in [3.63, 3.8) is 0 Å². The maximum atomic E-state index is 3.67. The molecular formula is C15H29NS2. The van der Waals surface area contributed by atoms with Gasteiger partial charge in [0.1, 0.15) is 0 Å². The van der Waals surface area contributed by atoms with E-state index in [-0.39, 0.29) is 0 Å². The Morgan fingerprint density at radius 2 is 1.72 bits per heavy atom. The topological polar surface area (TPSA) is 12.0 Å². The first-order valence-electron chi connectivity index (χ1n) is 7.54. The van der Waals surface area contributed by atoms with Crippen LogP contribution in [0.3, 0.4) is 0 Å². The minimum Gasteiger partial charge on any atom is -0.316 e. The molecule has 6 atom stereocenters. The van der Waals surface area contributed by atoms with Crippen LogP contribution in [0.25, 0.3) is 0 Å². The Balaban J connectivity index is 1.99. The zero-order valence-corrected chi connectivity index (χ0v) is 13.9. The van der Waals surface area contributed by atoms with E-state index >= 15 is 0 Å². The summed E-state index contributed by atoms with van der Waals surface area (Å²) in [5, 5.41) is 5.31. The molecule has 106 valence electrons. The van der Waals surface area contributed by atoms with Crippen molar-refractivity contribution < 1.29 is 0 Å². The summed E-state index contributed by atoms with van der Waals surface area (Å²) < 4.78 is 0. The highest BCUT2D eigenvalue weighted by Crippen LogP contribution is 2.41. The second-order valence-electron chi connectivity index (χ2n) is 6.25. The van der Waals surface area contributed by atoms with E-state index in [0.29, 0.717) is 0 Å². The average molecular weight is 288 g/mol. The number of rotatable bonds is 3. The average Bonchev–Trinajstić information content (AvgIpc) is 2.37. The molecule has 0 amide bonds. The molecule has 1 N–H and O–H groups in total. The second kappa shape index (κ2) is 6.90. The van der Waals surface area contributed by atoms with Crippen LogP contribution in [-0.2, 0) is 0 Å². The third-order valence-corrected chi connectivity index (χ3v) is 8.29. The van der Waals surface area contributed by atoms with Gasteiger partial charge in [-0.1, -0.05) is 27.2 Å². The zero-order valence-electron chi connectivity index (χ0n) is 12.3. The lowest BCUT2D eigenvalue weighted by molar-refractivity contribution is 0.172. The van der Waals surface area contributed by atoms with Gasteiger partial charge in [-0.05, 0) is 37.6 Å². The van der Waals surface area contributed by atoms with Crippen molar-refractivity contribution in [1.82, 2.24) is 5.32 Å². The first kappa shape index (κ1) is 15.1. The van der Waals surface area contributed by atoms with E-state index in [9.17, 15) is 0 Å². The number of hydrogen-bond acceptors (Lipinski definition) is 3. The van der Waals surface area contributed by atoms with Gasteiger partial charge in [-0.3, -0.25) is 0 Å². The fraction of sp³-hybridized carbons (Fsp3) is 1.00. The highest BCUT2D eigenvalue weighted by Gasteiger charge is 2.37. The minimum absolute atomic E-state index is 0.729. The normalized spacial score (nSPS) is 43.7. The van der Waals surface area contributed by atoms with Crippen molar-refractivity contribution in [3.8, 4) is 0 Å². The Kier molecular flexibility index (Phi) is 5.77. The first-order chi connectivity index (χ1) is 8.63. The molecule has 0 aromatic heterocycles. The van der Waals surface area contributed by atoms with Gasteiger partial charge in [0, 0.05) is 28.0 Å². The molecule has 18 heavy (non-hydrogen) atoms. The molecule has 1 nitrogen and oxygen atoms in total. The summed E-state index contributed by atoms with van der Waals surface area (Å²) in [6, 6.07) is 0.729. The predicted molar refractivity (Wildman–Crippen MR) is 86.7 cm³/mol. The Morgan fingerprint density at radius 1 is 1.00 bits per heavy atom. The molecule has 0 aromatic rings. The summed E-state index contributed by atoms with van der Waals surface area (Å²) in [5.74, 6) is 5.44. The third-order valence-electron chi connectivity index (χ3n) is 5.07. The van der Waals surface area contributed by atoms with Crippen LogP contribution < -0.4 is 5.32 Å². The smallest absolute Gasteiger partial charge is 0.0320 e. The van der Waals surface area contributed by atoms with E-state index in [1.165, 1.54) is 30.8 Å². The molecule has 6 unspecified atom stereocenters. The van der Waals surface area contributed by atoms with Gasteiger partial charge >= 0.3 is 0 Å². The molecule has 2 aliphatic rings. The molecule has 1 saturated carbocycles. The Labute approximate surface area is 122 Å². The molecule has 1 saturated heterocycles. The zero-order chi connectivity index (χ0) is 13.1. The Bertz CT molecular complexity index is 259. The summed E-state index contributed by atoms with van der Waals surface area (Å²) in [7, 11) is 2.18. The van der Waals surface area contributed by atoms with Crippen molar-refractivity contribution in [1.29, 1.82) is 0 Å². The van der Waals surface area contributed by atoms with E-state index in [1.807, 2.05) is 0 Å². The fourth-order valence-electron chi connectivity index (χ4n) is 3.63. The van der Waals surface area contributed by atoms with Gasteiger partial charge < -0.3 is 5.32 Å². The third kappa shape index (κ3) is 3.40. The highest BCUT2D eigenvalue weighted by atomic mass is 32.2. The highest BCUT2D eigenvalue weighted by molar-refractivity contribution is 8.07. The SMILES string of the molecule is CNC(C1CCC(C)C(C)C1)C1SCCSC1C. The molecular weight excluding hydrogens is 258 g/mol. The maximum absolute atomic E-state index is 3.67. The van der Waals surface area contributed by atoms with Gasteiger partial charge in [0.25, 0.3) is 0 Å². The first-order valence-corrected chi connectivity index (χ1v) is 9.63. The lowest BCUT2D eigenvalue weighted by Crippen LogP contribution is -2.49. The standard InChI is InChI=1S/C15H29NS2/c1-10-5-6-13(9-11(10)2)14(16-4)15-12(3)17-7-8-18-15/h10-16H,5-9H2,1-4H3. The lowest BCUT2D eigenvalue weighted by Gasteiger charge is -2.42. The van der Waals surface area contributed by atoms with E-state index in [2.05, 4.69) is 56.7 Å². The van der Waals surface area contributed by atoms with Crippen LogP contribution in [0.2, 0.25) is 0 Å². The number of nitrogens with one attached hydrogen (secondary N) is 1. The summed E-state index contributed by atoms with van der Waals surface area (Å²) in [5.41, 5.74) is 0. The summed E-state index contributed by atoms with van der Waals surface area (Å²) in [6.07, 6.45) is 4.30. The van der Waals surface area contributed by atoms with Gasteiger partial charge in [0.05, 0.1) is 0 Å². The predicted octanol–water partition coefficient (Wildman–Crippen LogP) is 3.88. The van der Waals surface area contributed by atoms with Crippen molar-refractivity contribution in [2.75, 3.05) is 18.6 Å². The number of hydrogen-bond donors (Lipinski definition) is 1. The van der Waals surface area contributed by atoms with Crippen LogP contribution in [0.4, 0.5) is 0 Å². The summed E-state index contributed by atoms with van der Waals surface area (Å²) in [4.78, 5) is 0. The minimum atomic E-state index is 0.729. The van der Waals surface area contributed by atoms with Crippen molar-refractivity contribution in [3.05, 3.63) is 0 Å². The van der Waals surface area contributed by atoms with Crippen LogP contribution in [0.5, 0.6) is 0 Å². The van der Waals surface area contributed by atoms with Gasteiger partial charge in [0.2, 0.25) is 0 Å². The van der Waals surface area contributed by atoms with E-state index in [4.69, 9.17) is 0 Å². The van der Waals surface area contributed by atoms with Crippen LogP contribution >= 0.6 is 23.5 Å². The van der Waals surface area contributed by atoms with Crippen LogP contribution in [0.1, 0.15) is 40.0 Å². The monoisotopic (exact) mass is 287 g/mol.